The Balaban J connectivity index is 0.000000161. The molecule has 0 aliphatic carbocycles. The van der Waals surface area contributed by atoms with Crippen molar-refractivity contribution in [3.8, 4) is 11.1 Å². The van der Waals surface area contributed by atoms with Crippen molar-refractivity contribution in [1.29, 1.82) is 0 Å². The molecule has 12 heteroatoms. The smallest absolute Gasteiger partial charge is 0.478 e. The highest BCUT2D eigenvalue weighted by molar-refractivity contribution is 9.10. The molecule has 282 valence electrons. The second-order valence-electron chi connectivity index (χ2n) is 15.9. The number of aromatic carboxylic acids is 2. The molecule has 3 aliphatic rings. The van der Waals surface area contributed by atoms with E-state index in [2.05, 4.69) is 26.6 Å². The van der Waals surface area contributed by atoms with Crippen molar-refractivity contribution in [3.05, 3.63) is 111 Å². The number of carboxylic acid groups (broad SMARTS) is 2. The highest BCUT2D eigenvalue weighted by Crippen LogP contribution is 2.41. The Morgan fingerprint density at radius 2 is 1.09 bits per heavy atom. The second kappa shape index (κ2) is 14.5. The van der Waals surface area contributed by atoms with Gasteiger partial charge in [-0.15, -0.1) is 0 Å². The number of carbonyl (C=O) groups is 4. The molecule has 3 heterocycles. The van der Waals surface area contributed by atoms with Gasteiger partial charge >= 0.3 is 19.1 Å². The summed E-state index contributed by atoms with van der Waals surface area (Å²) in [5.74, 6) is -1.84. The first-order valence-electron chi connectivity index (χ1n) is 17.6. The molecule has 1 saturated heterocycles. The quantitative estimate of drug-likeness (QED) is 0.151. The largest absolute Gasteiger partial charge is 0.495 e. The van der Waals surface area contributed by atoms with Gasteiger partial charge in [-0.3, -0.25) is 9.59 Å². The predicted molar refractivity (Wildman–Crippen MR) is 215 cm³/mol. The van der Waals surface area contributed by atoms with Gasteiger partial charge in [0.15, 0.2) is 0 Å². The maximum Gasteiger partial charge on any atom is 0.495 e. The number of hydrogen-bond acceptors (Lipinski definition) is 6. The van der Waals surface area contributed by atoms with Crippen LogP contribution in [0.3, 0.4) is 0 Å². The molecule has 54 heavy (non-hydrogen) atoms. The molecular formula is C42H46BBrN2O8. The molecule has 4 N–H and O–H groups in total. The number of amides is 2. The Hall–Kier alpha value is -4.78. The molecule has 0 aromatic heterocycles. The van der Waals surface area contributed by atoms with Gasteiger partial charge in [0.1, 0.15) is 0 Å². The lowest BCUT2D eigenvalue weighted by atomic mass is 9.75. The topological polar surface area (TPSA) is 151 Å². The molecule has 3 aliphatic heterocycles. The number of hydrogen-bond donors (Lipinski definition) is 4. The maximum absolute atomic E-state index is 12.0. The zero-order valence-corrected chi connectivity index (χ0v) is 33.8. The fraction of sp³-hybridized carbons (Fsp3) is 0.333. The standard InChI is InChI=1S/C18H17NO3.C14H19BO4.C10H10BrNO/c1-10-4-5-12(16(20)21)8-13(10)11-6-7-14-15(9-11)19-17(22)18(14,2)3;1-9-6-7-10(12(16)17)8-11(9)15-18-13(2,3)14(4,5)19-15;1-10(2)7-4-3-6(11)5-8(7)12-9(10)13/h4-9H,1-3H3,(H,19,22)(H,20,21);6-8H,1-5H3,(H,16,17);3-5H,1-2H3,(H,12,13). The van der Waals surface area contributed by atoms with Crippen molar-refractivity contribution in [3.63, 3.8) is 0 Å². The average Bonchev–Trinajstić information content (AvgIpc) is 3.55. The molecule has 0 atom stereocenters. The van der Waals surface area contributed by atoms with E-state index in [4.69, 9.17) is 19.5 Å². The van der Waals surface area contributed by atoms with E-state index >= 15 is 0 Å². The number of rotatable bonds is 4. The first kappa shape index (κ1) is 40.4. The number of anilines is 2. The molecule has 0 bridgehead atoms. The molecule has 4 aromatic carbocycles. The van der Waals surface area contributed by atoms with E-state index < -0.39 is 41.1 Å². The third-order valence-electron chi connectivity index (χ3n) is 10.8. The van der Waals surface area contributed by atoms with Gasteiger partial charge in [-0.25, -0.2) is 9.59 Å². The highest BCUT2D eigenvalue weighted by atomic mass is 79.9. The minimum absolute atomic E-state index is 0.0179. The van der Waals surface area contributed by atoms with Crippen LogP contribution in [-0.2, 0) is 29.7 Å². The molecule has 0 radical (unpaired) electrons. The summed E-state index contributed by atoms with van der Waals surface area (Å²) in [4.78, 5) is 45.8. The van der Waals surface area contributed by atoms with Gasteiger partial charge in [0, 0.05) is 15.8 Å². The number of carbonyl (C=O) groups excluding carboxylic acids is 2. The van der Waals surface area contributed by atoms with Crippen molar-refractivity contribution in [2.24, 2.45) is 0 Å². The Morgan fingerprint density at radius 1 is 0.630 bits per heavy atom. The van der Waals surface area contributed by atoms with Crippen LogP contribution in [0.4, 0.5) is 11.4 Å². The predicted octanol–water partition coefficient (Wildman–Crippen LogP) is 8.26. The summed E-state index contributed by atoms with van der Waals surface area (Å²) in [6, 6.07) is 21.7. The first-order chi connectivity index (χ1) is 25.0. The second-order valence-corrected chi connectivity index (χ2v) is 16.8. The Kier molecular flexibility index (Phi) is 10.8. The summed E-state index contributed by atoms with van der Waals surface area (Å²) in [5.41, 5.74) is 6.97. The van der Waals surface area contributed by atoms with Gasteiger partial charge < -0.3 is 30.2 Å². The molecule has 0 saturated carbocycles. The number of fused-ring (bicyclic) bond motifs is 2. The Labute approximate surface area is 324 Å². The molecule has 0 spiro atoms. The molecule has 1 fully saturated rings. The van der Waals surface area contributed by atoms with Crippen LogP contribution in [0.15, 0.2) is 77.3 Å². The van der Waals surface area contributed by atoms with Gasteiger partial charge in [0.25, 0.3) is 0 Å². The Morgan fingerprint density at radius 3 is 1.61 bits per heavy atom. The fourth-order valence-electron chi connectivity index (χ4n) is 6.39. The van der Waals surface area contributed by atoms with Gasteiger partial charge in [0.2, 0.25) is 11.8 Å². The highest BCUT2D eigenvalue weighted by Gasteiger charge is 2.52. The van der Waals surface area contributed by atoms with Crippen LogP contribution in [0, 0.1) is 13.8 Å². The van der Waals surface area contributed by atoms with Crippen LogP contribution in [-0.4, -0.2) is 52.3 Å². The van der Waals surface area contributed by atoms with Crippen molar-refractivity contribution < 1.29 is 38.7 Å². The van der Waals surface area contributed by atoms with E-state index in [1.807, 2.05) is 106 Å². The van der Waals surface area contributed by atoms with Crippen LogP contribution in [0.5, 0.6) is 0 Å². The summed E-state index contributed by atoms with van der Waals surface area (Å²) >= 11 is 3.37. The number of carboxylic acids is 2. The van der Waals surface area contributed by atoms with E-state index in [-0.39, 0.29) is 22.9 Å². The van der Waals surface area contributed by atoms with E-state index in [1.54, 1.807) is 36.4 Å². The zero-order valence-electron chi connectivity index (χ0n) is 32.2. The molecule has 4 aromatic rings. The van der Waals surface area contributed by atoms with E-state index in [9.17, 15) is 19.2 Å². The fourth-order valence-corrected chi connectivity index (χ4v) is 6.75. The monoisotopic (exact) mass is 796 g/mol. The third kappa shape index (κ3) is 7.73. The van der Waals surface area contributed by atoms with Gasteiger partial charge in [-0.05, 0) is 145 Å². The number of halogens is 1. The summed E-state index contributed by atoms with van der Waals surface area (Å²) < 4.78 is 12.9. The summed E-state index contributed by atoms with van der Waals surface area (Å²) in [6.45, 7) is 19.4. The summed E-state index contributed by atoms with van der Waals surface area (Å²) in [6.07, 6.45) is 0. The Bertz CT molecular complexity index is 2180. The number of benzene rings is 4. The van der Waals surface area contributed by atoms with Crippen LogP contribution >= 0.6 is 15.9 Å². The molecule has 0 unspecified atom stereocenters. The van der Waals surface area contributed by atoms with E-state index in [0.29, 0.717) is 0 Å². The average molecular weight is 798 g/mol. The molecular weight excluding hydrogens is 751 g/mol. The third-order valence-corrected chi connectivity index (χ3v) is 11.3. The minimum Gasteiger partial charge on any atom is -0.478 e. The SMILES string of the molecule is CC1(C)C(=O)Nc2cc(Br)ccc21.Cc1ccc(C(=O)O)cc1-c1ccc2c(c1)NC(=O)C2(C)C.Cc1ccc(C(=O)O)cc1B1OC(C)(C)C(C)(C)O1. The van der Waals surface area contributed by atoms with Crippen molar-refractivity contribution in [2.45, 2.75) is 91.3 Å². The van der Waals surface area contributed by atoms with E-state index in [0.717, 1.165) is 54.7 Å². The lowest BCUT2D eigenvalue weighted by Crippen LogP contribution is -2.41. The van der Waals surface area contributed by atoms with Crippen molar-refractivity contribution >= 4 is 63.6 Å². The van der Waals surface area contributed by atoms with Gasteiger partial charge in [-0.1, -0.05) is 51.8 Å². The number of aryl methyl sites for hydroxylation is 2. The van der Waals surface area contributed by atoms with Crippen LogP contribution in [0.25, 0.3) is 11.1 Å². The summed E-state index contributed by atoms with van der Waals surface area (Å²) in [5, 5.41) is 24.0. The summed E-state index contributed by atoms with van der Waals surface area (Å²) in [7, 11) is -0.524. The minimum atomic E-state index is -0.947. The first-order valence-corrected chi connectivity index (χ1v) is 18.4. The van der Waals surface area contributed by atoms with Crippen molar-refractivity contribution in [1.82, 2.24) is 0 Å². The van der Waals surface area contributed by atoms with E-state index in [1.165, 1.54) is 0 Å². The van der Waals surface area contributed by atoms with Gasteiger partial charge in [0.05, 0.1) is 33.2 Å². The molecule has 10 nitrogen and oxygen atoms in total. The van der Waals surface area contributed by atoms with Gasteiger partial charge in [-0.2, -0.15) is 0 Å². The maximum atomic E-state index is 12.0. The zero-order chi connectivity index (χ0) is 40.1. The lowest BCUT2D eigenvalue weighted by Gasteiger charge is -2.32. The normalized spacial score (nSPS) is 17.9. The van der Waals surface area contributed by atoms with Crippen LogP contribution in [0.1, 0.15) is 98.4 Å². The van der Waals surface area contributed by atoms with Crippen LogP contribution < -0.4 is 16.1 Å². The van der Waals surface area contributed by atoms with Crippen LogP contribution in [0.2, 0.25) is 0 Å². The van der Waals surface area contributed by atoms with Crippen molar-refractivity contribution in [2.75, 3.05) is 10.6 Å². The molecule has 2 amide bonds. The molecule has 7 rings (SSSR count). The lowest BCUT2D eigenvalue weighted by molar-refractivity contribution is -0.120. The number of nitrogens with one attached hydrogen (secondary N) is 2.